The molecule has 1 fully saturated rings. The van der Waals surface area contributed by atoms with Crippen molar-refractivity contribution in [2.45, 2.75) is 109 Å². The van der Waals surface area contributed by atoms with Crippen LogP contribution < -0.4 is 10.6 Å². The third-order valence-corrected chi connectivity index (χ3v) is 11.0. The number of hydrogen-bond donors (Lipinski definition) is 6. The van der Waals surface area contributed by atoms with Gasteiger partial charge in [-0.05, 0) is 44.6 Å². The summed E-state index contributed by atoms with van der Waals surface area (Å²) in [6.07, 6.45) is 2.97. The highest BCUT2D eigenvalue weighted by Crippen LogP contribution is 2.39. The first kappa shape index (κ1) is 52.7. The van der Waals surface area contributed by atoms with E-state index in [2.05, 4.69) is 30.3 Å². The molecular weight excluding hydrogens is 843 g/mol. The fraction of sp³-hybridized carbons (Fsp3) is 0.619. The molecule has 1 aliphatic rings. The summed E-state index contributed by atoms with van der Waals surface area (Å²) in [7, 11) is -3.49. The summed E-state index contributed by atoms with van der Waals surface area (Å²) in [6, 6.07) is 6.19. The number of Topliss-reactive ketones (excluding diaryl/α,β-unsaturated/α-hetero) is 3. The summed E-state index contributed by atoms with van der Waals surface area (Å²) in [5.74, 6) is -6.26. The van der Waals surface area contributed by atoms with E-state index < -0.39 is 98.6 Å². The van der Waals surface area contributed by atoms with E-state index in [1.807, 2.05) is 44.2 Å². The molecule has 0 aliphatic carbocycles. The first-order valence-electron chi connectivity index (χ1n) is 21.0. The summed E-state index contributed by atoms with van der Waals surface area (Å²) >= 11 is 0. The number of carbonyl (C=O) groups excluding carboxylic acids is 6. The van der Waals surface area contributed by atoms with Crippen molar-refractivity contribution in [1.29, 1.82) is 0 Å². The minimum absolute atomic E-state index is 0.0216. The van der Waals surface area contributed by atoms with E-state index >= 15 is 0 Å². The Labute approximate surface area is 367 Å². The Hall–Kier alpha value is -4.69. The number of likely N-dealkylation sites (tertiary alicyclic amines) is 1. The fourth-order valence-corrected chi connectivity index (χ4v) is 7.70. The SMILES string of the molecule is COCCOCCC(=O)N1C[C@@H](O/N=C\CCc2ccccc2)C[C@H]1C(=O)N[C@@H](CC(C)C)C(=O)C[C@@H](Cc1cnc[nH]1)C(=O)N[C@@H](CO)C(=O)C[C@H](C(C)=O)C(C)OP(=O)(O)O. The second-order valence-electron chi connectivity index (χ2n) is 16.0. The van der Waals surface area contributed by atoms with Gasteiger partial charge in [-0.2, -0.15) is 0 Å². The smallest absolute Gasteiger partial charge is 0.394 e. The predicted octanol–water partition coefficient (Wildman–Crippen LogP) is 1.86. The van der Waals surface area contributed by atoms with Crippen molar-refractivity contribution in [1.82, 2.24) is 25.5 Å². The summed E-state index contributed by atoms with van der Waals surface area (Å²) in [6.45, 7) is 5.92. The van der Waals surface area contributed by atoms with Crippen LogP contribution in [0.1, 0.15) is 77.5 Å². The van der Waals surface area contributed by atoms with Crippen LogP contribution >= 0.6 is 7.82 Å². The van der Waals surface area contributed by atoms with Crippen molar-refractivity contribution in [3.8, 4) is 0 Å². The number of imidazole rings is 1. The number of carbonyl (C=O) groups is 6. The zero-order valence-electron chi connectivity index (χ0n) is 36.6. The van der Waals surface area contributed by atoms with Crippen molar-refractivity contribution >= 4 is 49.1 Å². The summed E-state index contributed by atoms with van der Waals surface area (Å²) in [5, 5.41) is 19.6. The quantitative estimate of drug-likeness (QED) is 0.0282. The molecule has 3 rings (SSSR count). The number of aromatic nitrogens is 2. The van der Waals surface area contributed by atoms with Gasteiger partial charge in [0.2, 0.25) is 17.7 Å². The maximum absolute atomic E-state index is 14.2. The Kier molecular flexibility index (Phi) is 22.4. The molecule has 0 spiro atoms. The molecule has 7 atom stereocenters. The normalized spacial score (nSPS) is 17.8. The fourth-order valence-electron chi connectivity index (χ4n) is 7.12. The number of H-pyrrole nitrogens is 1. The molecule has 0 bridgehead atoms. The van der Waals surface area contributed by atoms with Gasteiger partial charge in [0.25, 0.3) is 0 Å². The molecule has 0 radical (unpaired) electrons. The van der Waals surface area contributed by atoms with Crippen molar-refractivity contribution in [3.63, 3.8) is 0 Å². The van der Waals surface area contributed by atoms with Crippen LogP contribution in [0.3, 0.4) is 0 Å². The van der Waals surface area contributed by atoms with Crippen LogP contribution in [0.5, 0.6) is 0 Å². The number of nitrogens with zero attached hydrogens (tertiary/aromatic N) is 3. The van der Waals surface area contributed by atoms with Crippen LogP contribution in [0.4, 0.5) is 0 Å². The third kappa shape index (κ3) is 18.9. The molecule has 1 saturated heterocycles. The number of hydrogen-bond acceptors (Lipinski definition) is 14. The first-order valence-corrected chi connectivity index (χ1v) is 22.5. The highest BCUT2D eigenvalue weighted by molar-refractivity contribution is 7.46. The summed E-state index contributed by atoms with van der Waals surface area (Å²) in [5.41, 5.74) is 1.61. The Morgan fingerprint density at radius 1 is 1.02 bits per heavy atom. The lowest BCUT2D eigenvalue weighted by Gasteiger charge is -2.28. The molecule has 2 aromatic rings. The van der Waals surface area contributed by atoms with Crippen LogP contribution in [-0.4, -0.2) is 141 Å². The number of amides is 3. The van der Waals surface area contributed by atoms with Gasteiger partial charge >= 0.3 is 7.82 Å². The van der Waals surface area contributed by atoms with Crippen LogP contribution in [0, 0.1) is 17.8 Å². The molecular formula is C42H63N6O14P. The molecule has 350 valence electrons. The molecule has 1 aromatic carbocycles. The van der Waals surface area contributed by atoms with E-state index in [1.54, 1.807) is 6.21 Å². The van der Waals surface area contributed by atoms with Crippen LogP contribution in [0.2, 0.25) is 0 Å². The molecule has 3 amide bonds. The van der Waals surface area contributed by atoms with Gasteiger partial charge in [-0.15, -0.1) is 0 Å². The maximum Gasteiger partial charge on any atom is 0.469 e. The maximum atomic E-state index is 14.2. The lowest BCUT2D eigenvalue weighted by Crippen LogP contribution is -2.52. The predicted molar refractivity (Wildman–Crippen MR) is 228 cm³/mol. The zero-order valence-corrected chi connectivity index (χ0v) is 37.4. The topological polar surface area (TPSA) is 285 Å². The monoisotopic (exact) mass is 906 g/mol. The van der Waals surface area contributed by atoms with E-state index in [0.717, 1.165) is 18.9 Å². The lowest BCUT2D eigenvalue weighted by molar-refractivity contribution is -0.140. The van der Waals surface area contributed by atoms with Gasteiger partial charge in [0, 0.05) is 50.9 Å². The van der Waals surface area contributed by atoms with E-state index in [-0.39, 0.29) is 57.3 Å². The standard InChI is InChI=1S/C42H63N6O14P/c1-27(2)18-35(46-42(55)37-21-33(24-48(37)40(53)13-15-60-17-16-59-5)61-45-14-9-12-30-10-7-6-8-11-30)38(51)20-31(19-32-23-43-26-44-32)41(54)47-36(25-49)39(52)22-34(28(3)50)29(4)62-63(56,57)58/h6-8,10-11,14,23,26-27,29,31,33-37,49H,9,12-13,15-22,24-25H2,1-5H3,(H,43,44)(H,46,55)(H,47,54)(H2,56,57,58)/b45-14-/t29?,31-,33+,34-,35+,36+,37+/m1/s1. The number of aliphatic hydroxyl groups excluding tert-OH is 1. The summed E-state index contributed by atoms with van der Waals surface area (Å²) in [4.78, 5) is 114. The van der Waals surface area contributed by atoms with E-state index in [1.165, 1.54) is 31.5 Å². The van der Waals surface area contributed by atoms with Crippen molar-refractivity contribution in [2.24, 2.45) is 22.9 Å². The van der Waals surface area contributed by atoms with Crippen LogP contribution in [0.25, 0.3) is 0 Å². The average Bonchev–Trinajstić information content (AvgIpc) is 3.91. The van der Waals surface area contributed by atoms with Crippen molar-refractivity contribution < 1.29 is 67.1 Å². The molecule has 1 aliphatic heterocycles. The number of phosphoric ester groups is 1. The van der Waals surface area contributed by atoms with E-state index in [4.69, 9.17) is 14.3 Å². The second kappa shape index (κ2) is 26.8. The molecule has 21 heteroatoms. The molecule has 20 nitrogen and oxygen atoms in total. The highest BCUT2D eigenvalue weighted by atomic mass is 31.2. The molecule has 0 saturated carbocycles. The van der Waals surface area contributed by atoms with Gasteiger partial charge in [-0.1, -0.05) is 49.3 Å². The minimum Gasteiger partial charge on any atom is -0.394 e. The van der Waals surface area contributed by atoms with Gasteiger partial charge in [0.05, 0.1) is 69.7 Å². The van der Waals surface area contributed by atoms with Gasteiger partial charge in [-0.3, -0.25) is 33.3 Å². The zero-order chi connectivity index (χ0) is 46.5. The van der Waals surface area contributed by atoms with Gasteiger partial charge < -0.3 is 49.7 Å². The van der Waals surface area contributed by atoms with Crippen LogP contribution in [-0.2, 0) is 65.0 Å². The molecule has 1 unspecified atom stereocenters. The molecule has 1 aromatic heterocycles. The molecule has 2 heterocycles. The molecule has 63 heavy (non-hydrogen) atoms. The Balaban J connectivity index is 1.78. The van der Waals surface area contributed by atoms with E-state index in [9.17, 15) is 48.2 Å². The number of nitrogens with one attached hydrogen (secondary N) is 3. The highest BCUT2D eigenvalue weighted by Gasteiger charge is 2.42. The third-order valence-electron chi connectivity index (χ3n) is 10.4. The average molecular weight is 907 g/mol. The Bertz CT molecular complexity index is 1840. The van der Waals surface area contributed by atoms with Gasteiger partial charge in [0.15, 0.2) is 11.6 Å². The number of ketones is 3. The van der Waals surface area contributed by atoms with E-state index in [0.29, 0.717) is 18.7 Å². The van der Waals surface area contributed by atoms with Gasteiger partial charge in [0.1, 0.15) is 24.0 Å². The first-order chi connectivity index (χ1) is 29.9. The number of ether oxygens (including phenoxy) is 2. The number of oxime groups is 1. The van der Waals surface area contributed by atoms with Crippen molar-refractivity contribution in [3.05, 3.63) is 54.1 Å². The number of phosphoric acid groups is 1. The second-order valence-corrected chi connectivity index (χ2v) is 17.2. The van der Waals surface area contributed by atoms with Crippen LogP contribution in [0.15, 0.2) is 48.0 Å². The van der Waals surface area contributed by atoms with Gasteiger partial charge in [-0.25, -0.2) is 9.55 Å². The number of methoxy groups -OCH3 is 1. The Morgan fingerprint density at radius 3 is 2.35 bits per heavy atom. The molecule has 6 N–H and O–H groups in total. The number of aliphatic hydroxyl groups is 1. The largest absolute Gasteiger partial charge is 0.469 e. The number of aryl methyl sites for hydroxylation is 1. The minimum atomic E-state index is -5.02. The number of aromatic amines is 1. The van der Waals surface area contributed by atoms with Crippen molar-refractivity contribution in [2.75, 3.05) is 40.1 Å². The Morgan fingerprint density at radius 2 is 1.73 bits per heavy atom. The number of benzene rings is 1. The summed E-state index contributed by atoms with van der Waals surface area (Å²) < 4.78 is 26.5. The number of rotatable bonds is 30. The lowest BCUT2D eigenvalue weighted by atomic mass is 9.89.